The van der Waals surface area contributed by atoms with E-state index in [4.69, 9.17) is 10.2 Å². The lowest BCUT2D eigenvalue weighted by Crippen LogP contribution is -2.11. The van der Waals surface area contributed by atoms with Crippen molar-refractivity contribution in [1.82, 2.24) is 20.4 Å². The fraction of sp³-hybridized carbons (Fsp3) is 0.154. The molecule has 0 radical (unpaired) electrons. The lowest BCUT2D eigenvalue weighted by atomic mass is 10.1. The molecule has 3 N–H and O–H groups in total. The topological polar surface area (TPSA) is 93.6 Å². The molecule has 0 saturated heterocycles. The summed E-state index contributed by atoms with van der Waals surface area (Å²) in [6.07, 6.45) is 1.65. The van der Waals surface area contributed by atoms with E-state index in [0.717, 1.165) is 16.8 Å². The second kappa shape index (κ2) is 4.66. The first-order valence-electron chi connectivity index (χ1n) is 5.90. The van der Waals surface area contributed by atoms with Crippen molar-refractivity contribution in [3.05, 3.63) is 53.7 Å². The summed E-state index contributed by atoms with van der Waals surface area (Å²) in [5.41, 5.74) is 8.70. The van der Waals surface area contributed by atoms with Gasteiger partial charge in [-0.2, -0.15) is 5.10 Å². The van der Waals surface area contributed by atoms with E-state index < -0.39 is 6.04 Å². The summed E-state index contributed by atoms with van der Waals surface area (Å²) in [4.78, 5) is 0. The number of rotatable bonds is 3. The average molecular weight is 255 g/mol. The molecular weight excluding hydrogens is 242 g/mol. The van der Waals surface area contributed by atoms with Crippen LogP contribution in [0.15, 0.2) is 40.9 Å². The number of H-pyrrole nitrogens is 1. The highest BCUT2D eigenvalue weighted by Crippen LogP contribution is 2.24. The van der Waals surface area contributed by atoms with E-state index >= 15 is 0 Å². The van der Waals surface area contributed by atoms with Crippen LogP contribution in [-0.4, -0.2) is 20.4 Å². The average Bonchev–Trinajstić information content (AvgIpc) is 3.07. The van der Waals surface area contributed by atoms with Gasteiger partial charge in [0, 0.05) is 5.69 Å². The largest absolute Gasteiger partial charge is 0.418 e. The number of benzene rings is 1. The van der Waals surface area contributed by atoms with Crippen LogP contribution in [0.1, 0.15) is 23.2 Å². The van der Waals surface area contributed by atoms with E-state index in [1.54, 1.807) is 6.20 Å². The van der Waals surface area contributed by atoms with Crippen molar-refractivity contribution in [1.29, 1.82) is 0 Å². The Kier molecular flexibility index (Phi) is 2.85. The minimum atomic E-state index is -0.422. The zero-order valence-electron chi connectivity index (χ0n) is 10.4. The molecule has 0 aliphatic carbocycles. The van der Waals surface area contributed by atoms with Crippen LogP contribution in [0.25, 0.3) is 11.5 Å². The van der Waals surface area contributed by atoms with Crippen LogP contribution in [0.2, 0.25) is 0 Å². The van der Waals surface area contributed by atoms with E-state index in [2.05, 4.69) is 20.4 Å². The predicted molar refractivity (Wildman–Crippen MR) is 69.1 cm³/mol. The quantitative estimate of drug-likeness (QED) is 0.744. The maximum absolute atomic E-state index is 6.10. The minimum absolute atomic E-state index is 0.391. The Hall–Kier alpha value is -2.47. The number of hydrogen-bond donors (Lipinski definition) is 2. The van der Waals surface area contributed by atoms with Gasteiger partial charge in [0.05, 0.1) is 11.8 Å². The molecule has 6 heteroatoms. The molecule has 6 nitrogen and oxygen atoms in total. The summed E-state index contributed by atoms with van der Waals surface area (Å²) in [7, 11) is 0. The summed E-state index contributed by atoms with van der Waals surface area (Å²) in [6, 6.07) is 9.22. The summed E-state index contributed by atoms with van der Waals surface area (Å²) >= 11 is 0. The number of aromatic nitrogens is 4. The predicted octanol–water partition coefficient (Wildman–Crippen LogP) is 1.82. The number of nitrogens with one attached hydrogen (secondary N) is 1. The third-order valence-corrected chi connectivity index (χ3v) is 2.93. The SMILES string of the molecule is Cc1[nH]ncc1-c1nnc(C(N)c2ccccc2)o1. The first-order chi connectivity index (χ1) is 9.25. The molecule has 0 amide bonds. The van der Waals surface area contributed by atoms with Gasteiger partial charge in [0.2, 0.25) is 5.89 Å². The van der Waals surface area contributed by atoms with Gasteiger partial charge < -0.3 is 10.2 Å². The Morgan fingerprint density at radius 3 is 2.68 bits per heavy atom. The summed E-state index contributed by atoms with van der Waals surface area (Å²) in [5.74, 6) is 0.814. The second-order valence-corrected chi connectivity index (χ2v) is 4.24. The molecular formula is C13H13N5O. The minimum Gasteiger partial charge on any atom is -0.418 e. The molecule has 96 valence electrons. The van der Waals surface area contributed by atoms with Gasteiger partial charge in [-0.25, -0.2) is 0 Å². The standard InChI is InChI=1S/C13H13N5O/c1-8-10(7-15-16-8)12-17-18-13(19-12)11(14)9-5-3-2-4-6-9/h2-7,11H,14H2,1H3,(H,15,16). The first-order valence-corrected chi connectivity index (χ1v) is 5.90. The van der Waals surface area contributed by atoms with Crippen molar-refractivity contribution < 1.29 is 4.42 Å². The number of nitrogens with two attached hydrogens (primary N) is 1. The molecule has 0 aliphatic heterocycles. The third-order valence-electron chi connectivity index (χ3n) is 2.93. The Labute approximate surface area is 109 Å². The van der Waals surface area contributed by atoms with Crippen LogP contribution in [0.5, 0.6) is 0 Å². The van der Waals surface area contributed by atoms with Crippen LogP contribution in [-0.2, 0) is 0 Å². The molecule has 19 heavy (non-hydrogen) atoms. The second-order valence-electron chi connectivity index (χ2n) is 4.24. The summed E-state index contributed by atoms with van der Waals surface area (Å²) in [5, 5.41) is 14.8. The third kappa shape index (κ3) is 2.13. The molecule has 1 atom stereocenters. The van der Waals surface area contributed by atoms with Gasteiger partial charge in [-0.05, 0) is 12.5 Å². The molecule has 3 aromatic rings. The molecule has 0 fully saturated rings. The molecule has 2 aromatic heterocycles. The van der Waals surface area contributed by atoms with E-state index in [1.165, 1.54) is 0 Å². The molecule has 2 heterocycles. The van der Waals surface area contributed by atoms with E-state index in [-0.39, 0.29) is 0 Å². The number of aromatic amines is 1. The molecule has 0 bridgehead atoms. The van der Waals surface area contributed by atoms with Crippen LogP contribution in [0, 0.1) is 6.92 Å². The smallest absolute Gasteiger partial charge is 0.251 e. The van der Waals surface area contributed by atoms with Gasteiger partial charge in [-0.15, -0.1) is 10.2 Å². The first kappa shape index (κ1) is 11.6. The maximum atomic E-state index is 6.10. The molecule has 1 unspecified atom stereocenters. The molecule has 0 aliphatic rings. The van der Waals surface area contributed by atoms with Crippen molar-refractivity contribution in [2.75, 3.05) is 0 Å². The normalized spacial score (nSPS) is 12.5. The van der Waals surface area contributed by atoms with Gasteiger partial charge in [-0.1, -0.05) is 30.3 Å². The summed E-state index contributed by atoms with van der Waals surface area (Å²) < 4.78 is 5.62. The van der Waals surface area contributed by atoms with Crippen molar-refractivity contribution >= 4 is 0 Å². The fourth-order valence-electron chi connectivity index (χ4n) is 1.84. The monoisotopic (exact) mass is 255 g/mol. The van der Waals surface area contributed by atoms with Crippen LogP contribution in [0.3, 0.4) is 0 Å². The van der Waals surface area contributed by atoms with Crippen molar-refractivity contribution in [3.63, 3.8) is 0 Å². The Balaban J connectivity index is 1.92. The molecule has 0 spiro atoms. The number of nitrogens with zero attached hydrogens (tertiary/aromatic N) is 3. The Morgan fingerprint density at radius 2 is 2.00 bits per heavy atom. The van der Waals surface area contributed by atoms with Crippen LogP contribution >= 0.6 is 0 Å². The van der Waals surface area contributed by atoms with Crippen molar-refractivity contribution in [2.45, 2.75) is 13.0 Å². The van der Waals surface area contributed by atoms with Gasteiger partial charge >= 0.3 is 0 Å². The molecule has 1 aromatic carbocycles. The zero-order chi connectivity index (χ0) is 13.2. The highest BCUT2D eigenvalue weighted by atomic mass is 16.4. The van der Waals surface area contributed by atoms with Gasteiger partial charge in [0.1, 0.15) is 6.04 Å². The Morgan fingerprint density at radius 1 is 1.21 bits per heavy atom. The highest BCUT2D eigenvalue weighted by molar-refractivity contribution is 5.54. The molecule has 0 saturated carbocycles. The van der Waals surface area contributed by atoms with Crippen LogP contribution in [0.4, 0.5) is 0 Å². The number of aryl methyl sites for hydroxylation is 1. The zero-order valence-corrected chi connectivity index (χ0v) is 10.4. The number of hydrogen-bond acceptors (Lipinski definition) is 5. The van der Waals surface area contributed by atoms with Crippen LogP contribution < -0.4 is 5.73 Å². The maximum Gasteiger partial charge on any atom is 0.251 e. The fourth-order valence-corrected chi connectivity index (χ4v) is 1.84. The van der Waals surface area contributed by atoms with Crippen molar-refractivity contribution in [2.24, 2.45) is 5.73 Å². The lowest BCUT2D eigenvalue weighted by molar-refractivity contribution is 0.484. The lowest BCUT2D eigenvalue weighted by Gasteiger charge is -2.06. The van der Waals surface area contributed by atoms with E-state index in [0.29, 0.717) is 11.8 Å². The van der Waals surface area contributed by atoms with E-state index in [1.807, 2.05) is 37.3 Å². The van der Waals surface area contributed by atoms with Gasteiger partial charge in [-0.3, -0.25) is 5.10 Å². The molecule has 3 rings (SSSR count). The van der Waals surface area contributed by atoms with E-state index in [9.17, 15) is 0 Å². The van der Waals surface area contributed by atoms with Gasteiger partial charge in [0.25, 0.3) is 5.89 Å². The summed E-state index contributed by atoms with van der Waals surface area (Å²) in [6.45, 7) is 1.89. The Bertz CT molecular complexity index is 673. The van der Waals surface area contributed by atoms with Gasteiger partial charge in [0.15, 0.2) is 0 Å². The van der Waals surface area contributed by atoms with Crippen molar-refractivity contribution in [3.8, 4) is 11.5 Å². The highest BCUT2D eigenvalue weighted by Gasteiger charge is 2.18.